The van der Waals surface area contributed by atoms with Crippen LogP contribution in [0.3, 0.4) is 0 Å². The van der Waals surface area contributed by atoms with Crippen LogP contribution in [0.25, 0.3) is 0 Å². The molecule has 1 aliphatic rings. The predicted octanol–water partition coefficient (Wildman–Crippen LogP) is 3.36. The molecule has 0 aromatic heterocycles. The van der Waals surface area contributed by atoms with E-state index in [9.17, 15) is 0 Å². The first-order valence-electron chi connectivity index (χ1n) is 6.66. The molecular formula is C16H23N. The molecule has 0 radical (unpaired) electrons. The van der Waals surface area contributed by atoms with Gasteiger partial charge in [0, 0.05) is 6.54 Å². The van der Waals surface area contributed by atoms with Gasteiger partial charge in [-0.3, -0.25) is 0 Å². The first kappa shape index (κ1) is 12.4. The molecule has 0 amide bonds. The lowest BCUT2D eigenvalue weighted by molar-refractivity contribution is 0.644. The van der Waals surface area contributed by atoms with Gasteiger partial charge in [-0.15, -0.1) is 6.58 Å². The van der Waals surface area contributed by atoms with Crippen LogP contribution in [-0.2, 0) is 12.8 Å². The number of aryl methyl sites for hydroxylation is 2. The van der Waals surface area contributed by atoms with Crippen LogP contribution in [0.4, 0.5) is 0 Å². The number of rotatable bonds is 3. The van der Waals surface area contributed by atoms with Gasteiger partial charge in [-0.1, -0.05) is 25.1 Å². The summed E-state index contributed by atoms with van der Waals surface area (Å²) in [5, 5.41) is 3.51. The van der Waals surface area contributed by atoms with Crippen molar-refractivity contribution in [2.45, 2.75) is 39.0 Å². The smallest absolute Gasteiger partial charge is 0.00177 e. The Morgan fingerprint density at radius 2 is 2.29 bits per heavy atom. The fourth-order valence-electron chi connectivity index (χ4n) is 2.68. The Morgan fingerprint density at radius 1 is 1.47 bits per heavy atom. The predicted molar refractivity (Wildman–Crippen MR) is 74.7 cm³/mol. The number of allylic oxidation sites excluding steroid dienone is 1. The van der Waals surface area contributed by atoms with E-state index in [1.807, 2.05) is 6.08 Å². The Hall–Kier alpha value is -1.08. The highest BCUT2D eigenvalue weighted by molar-refractivity contribution is 5.40. The van der Waals surface area contributed by atoms with Gasteiger partial charge in [-0.2, -0.15) is 0 Å². The van der Waals surface area contributed by atoms with Crippen molar-refractivity contribution in [2.75, 3.05) is 13.1 Å². The van der Waals surface area contributed by atoms with Crippen molar-refractivity contribution in [1.29, 1.82) is 0 Å². The van der Waals surface area contributed by atoms with Crippen molar-refractivity contribution in [3.8, 4) is 0 Å². The monoisotopic (exact) mass is 229 g/mol. The summed E-state index contributed by atoms with van der Waals surface area (Å²) in [6.45, 7) is 10.6. The Morgan fingerprint density at radius 3 is 3.06 bits per heavy atom. The molecule has 1 aromatic rings. The summed E-state index contributed by atoms with van der Waals surface area (Å²) in [5.41, 5.74) is 6.04. The standard InChI is InChI=1S/C16H23N/c1-4-5-6-14-10-15-7-8-17-11-13(3)16(15)9-12(14)2/h4,9-10,13,17H,1,5-8,11H2,2-3H3. The number of hydrogen-bond donors (Lipinski definition) is 1. The Labute approximate surface area is 105 Å². The minimum absolute atomic E-state index is 0.639. The van der Waals surface area contributed by atoms with Gasteiger partial charge in [0.15, 0.2) is 0 Å². The molecule has 0 bridgehead atoms. The second-order valence-corrected chi connectivity index (χ2v) is 5.16. The maximum atomic E-state index is 3.81. The van der Waals surface area contributed by atoms with Gasteiger partial charge in [-0.25, -0.2) is 0 Å². The van der Waals surface area contributed by atoms with Crippen molar-refractivity contribution < 1.29 is 0 Å². The van der Waals surface area contributed by atoms with Crippen LogP contribution in [-0.4, -0.2) is 13.1 Å². The zero-order valence-corrected chi connectivity index (χ0v) is 11.1. The van der Waals surface area contributed by atoms with Crippen molar-refractivity contribution in [1.82, 2.24) is 5.32 Å². The quantitative estimate of drug-likeness (QED) is 0.784. The van der Waals surface area contributed by atoms with E-state index in [-0.39, 0.29) is 0 Å². The molecule has 0 aliphatic carbocycles. The lowest BCUT2D eigenvalue weighted by Gasteiger charge is -2.16. The molecule has 1 heterocycles. The van der Waals surface area contributed by atoms with Gasteiger partial charge in [-0.05, 0) is 60.9 Å². The molecule has 1 aliphatic heterocycles. The van der Waals surface area contributed by atoms with Crippen LogP contribution in [0.15, 0.2) is 24.8 Å². The van der Waals surface area contributed by atoms with E-state index in [0.29, 0.717) is 5.92 Å². The highest BCUT2D eigenvalue weighted by atomic mass is 14.9. The van der Waals surface area contributed by atoms with Crippen LogP contribution >= 0.6 is 0 Å². The van der Waals surface area contributed by atoms with Gasteiger partial charge in [0.1, 0.15) is 0 Å². The van der Waals surface area contributed by atoms with Crippen LogP contribution in [0.5, 0.6) is 0 Å². The normalized spacial score (nSPS) is 19.5. The lowest BCUT2D eigenvalue weighted by atomic mass is 9.90. The summed E-state index contributed by atoms with van der Waals surface area (Å²) in [7, 11) is 0. The summed E-state index contributed by atoms with van der Waals surface area (Å²) in [5.74, 6) is 0.639. The van der Waals surface area contributed by atoms with Gasteiger partial charge in [0.25, 0.3) is 0 Å². The van der Waals surface area contributed by atoms with E-state index >= 15 is 0 Å². The second kappa shape index (κ2) is 5.50. The molecule has 1 N–H and O–H groups in total. The van der Waals surface area contributed by atoms with E-state index in [1.165, 1.54) is 17.5 Å². The van der Waals surface area contributed by atoms with E-state index < -0.39 is 0 Å². The van der Waals surface area contributed by atoms with E-state index in [0.717, 1.165) is 25.9 Å². The molecule has 17 heavy (non-hydrogen) atoms. The fourth-order valence-corrected chi connectivity index (χ4v) is 2.68. The third-order valence-electron chi connectivity index (χ3n) is 3.77. The second-order valence-electron chi connectivity index (χ2n) is 5.16. The Kier molecular flexibility index (Phi) is 4.01. The zero-order valence-electron chi connectivity index (χ0n) is 11.1. The molecule has 1 aromatic carbocycles. The van der Waals surface area contributed by atoms with Gasteiger partial charge in [0.2, 0.25) is 0 Å². The number of nitrogens with one attached hydrogen (secondary N) is 1. The first-order chi connectivity index (χ1) is 8.22. The molecule has 0 saturated carbocycles. The van der Waals surface area contributed by atoms with Crippen molar-refractivity contribution in [3.63, 3.8) is 0 Å². The van der Waals surface area contributed by atoms with Gasteiger partial charge < -0.3 is 5.32 Å². The molecule has 92 valence electrons. The highest BCUT2D eigenvalue weighted by Gasteiger charge is 2.15. The molecule has 0 spiro atoms. The van der Waals surface area contributed by atoms with E-state index in [4.69, 9.17) is 0 Å². The first-order valence-corrected chi connectivity index (χ1v) is 6.66. The SMILES string of the molecule is C=CCCc1cc2c(cc1C)C(C)CNCC2. The zero-order chi connectivity index (χ0) is 12.3. The molecule has 1 atom stereocenters. The number of fused-ring (bicyclic) bond motifs is 1. The number of benzene rings is 1. The van der Waals surface area contributed by atoms with Crippen LogP contribution in [0.2, 0.25) is 0 Å². The Balaban J connectivity index is 2.33. The molecule has 0 fully saturated rings. The minimum atomic E-state index is 0.639. The average Bonchev–Trinajstić information content (AvgIpc) is 2.49. The fraction of sp³-hybridized carbons (Fsp3) is 0.500. The highest BCUT2D eigenvalue weighted by Crippen LogP contribution is 2.26. The summed E-state index contributed by atoms with van der Waals surface area (Å²) in [6, 6.07) is 4.84. The summed E-state index contributed by atoms with van der Waals surface area (Å²) in [6.07, 6.45) is 5.38. The topological polar surface area (TPSA) is 12.0 Å². The van der Waals surface area contributed by atoms with Crippen molar-refractivity contribution >= 4 is 0 Å². The summed E-state index contributed by atoms with van der Waals surface area (Å²) < 4.78 is 0. The maximum Gasteiger partial charge on any atom is 0.00177 e. The lowest BCUT2D eigenvalue weighted by Crippen LogP contribution is -2.18. The largest absolute Gasteiger partial charge is 0.316 e. The Bertz CT molecular complexity index is 406. The molecule has 2 rings (SSSR count). The van der Waals surface area contributed by atoms with Gasteiger partial charge in [0.05, 0.1) is 0 Å². The third kappa shape index (κ3) is 2.78. The molecule has 1 unspecified atom stereocenters. The van der Waals surface area contributed by atoms with Crippen LogP contribution in [0.1, 0.15) is 41.5 Å². The average molecular weight is 229 g/mol. The third-order valence-corrected chi connectivity index (χ3v) is 3.77. The van der Waals surface area contributed by atoms with Crippen molar-refractivity contribution in [2.24, 2.45) is 0 Å². The summed E-state index contributed by atoms with van der Waals surface area (Å²) in [4.78, 5) is 0. The van der Waals surface area contributed by atoms with Crippen LogP contribution in [0, 0.1) is 6.92 Å². The minimum Gasteiger partial charge on any atom is -0.316 e. The molecule has 1 heteroatoms. The molecule has 1 nitrogen and oxygen atoms in total. The van der Waals surface area contributed by atoms with Crippen molar-refractivity contribution in [3.05, 3.63) is 47.0 Å². The molecular weight excluding hydrogens is 206 g/mol. The van der Waals surface area contributed by atoms with Crippen LogP contribution < -0.4 is 5.32 Å². The maximum absolute atomic E-state index is 3.81. The number of hydrogen-bond acceptors (Lipinski definition) is 1. The molecule has 0 saturated heterocycles. The van der Waals surface area contributed by atoms with Gasteiger partial charge >= 0.3 is 0 Å². The van der Waals surface area contributed by atoms with E-state index in [2.05, 4.69) is 37.9 Å². The van der Waals surface area contributed by atoms with E-state index in [1.54, 1.807) is 11.1 Å². The summed E-state index contributed by atoms with van der Waals surface area (Å²) >= 11 is 0.